The number of hydrogen-bond donors (Lipinski definition) is 7. The molecule has 0 aromatic heterocycles. The van der Waals surface area contributed by atoms with Gasteiger partial charge in [-0.05, 0) is 55.2 Å². The molecule has 0 spiro atoms. The SMILES string of the molecule is OCC(CO)(CO)C(OC1CCCCC1)C1CCCCC1.OP(O)(=S)OP(O)(=S)S. The Kier molecular flexibility index (Phi) is 13.6. The predicted molar refractivity (Wildman–Crippen MR) is 127 cm³/mol. The predicted octanol–water partition coefficient (Wildman–Crippen LogP) is 2.61. The van der Waals surface area contributed by atoms with E-state index in [1.165, 1.54) is 38.5 Å². The van der Waals surface area contributed by atoms with Gasteiger partial charge in [0.25, 0.3) is 0 Å². The number of aliphatic hydroxyl groups excluding tert-OH is 3. The summed E-state index contributed by atoms with van der Waals surface area (Å²) in [7, 11) is 0. The fourth-order valence-electron chi connectivity index (χ4n) is 4.16. The Balaban J connectivity index is 0.000000424. The first-order valence-electron chi connectivity index (χ1n) is 10.3. The summed E-state index contributed by atoms with van der Waals surface area (Å²) in [6.07, 6.45) is 11.6. The van der Waals surface area contributed by atoms with Gasteiger partial charge in [-0.2, -0.15) is 0 Å². The second-order valence-corrected chi connectivity index (χ2v) is 16.1. The van der Waals surface area contributed by atoms with E-state index in [9.17, 15) is 15.3 Å². The third-order valence-electron chi connectivity index (χ3n) is 5.73. The number of thiol groups is 1. The largest absolute Gasteiger partial charge is 0.396 e. The molecule has 180 valence electrons. The van der Waals surface area contributed by atoms with Crippen molar-refractivity contribution in [1.29, 1.82) is 0 Å². The highest BCUT2D eigenvalue weighted by molar-refractivity contribution is 8.60. The van der Waals surface area contributed by atoms with Crippen molar-refractivity contribution < 1.29 is 39.0 Å². The fraction of sp³-hybridized carbons (Fsp3) is 1.00. The van der Waals surface area contributed by atoms with Gasteiger partial charge in [0, 0.05) is 0 Å². The second kappa shape index (κ2) is 13.9. The highest BCUT2D eigenvalue weighted by Crippen LogP contribution is 2.60. The monoisotopic (exact) mass is 526 g/mol. The maximum Gasteiger partial charge on any atom is 0.328 e. The molecule has 2 rings (SSSR count). The molecule has 6 N–H and O–H groups in total. The Morgan fingerprint density at radius 3 is 1.60 bits per heavy atom. The molecule has 2 unspecified atom stereocenters. The van der Waals surface area contributed by atoms with Crippen LogP contribution in [0.15, 0.2) is 0 Å². The van der Waals surface area contributed by atoms with E-state index in [2.05, 4.69) is 40.2 Å². The van der Waals surface area contributed by atoms with Crippen LogP contribution >= 0.6 is 24.7 Å². The molecule has 2 fully saturated rings. The zero-order valence-electron chi connectivity index (χ0n) is 17.1. The molecule has 0 aliphatic heterocycles. The maximum absolute atomic E-state index is 9.81. The summed E-state index contributed by atoms with van der Waals surface area (Å²) in [5.74, 6) is 0.354. The van der Waals surface area contributed by atoms with Crippen molar-refractivity contribution in [2.75, 3.05) is 19.8 Å². The Bertz CT molecular complexity index is 541. The molecule has 0 heterocycles. The van der Waals surface area contributed by atoms with Crippen molar-refractivity contribution in [2.24, 2.45) is 11.3 Å². The average molecular weight is 527 g/mol. The zero-order valence-corrected chi connectivity index (χ0v) is 21.4. The van der Waals surface area contributed by atoms with Gasteiger partial charge in [-0.3, -0.25) is 0 Å². The Labute approximate surface area is 194 Å². The highest BCUT2D eigenvalue weighted by Gasteiger charge is 2.44. The van der Waals surface area contributed by atoms with Crippen LogP contribution in [-0.4, -0.2) is 62.0 Å². The Hall–Kier alpha value is 1.33. The lowest BCUT2D eigenvalue weighted by atomic mass is 9.72. The molecule has 2 aliphatic rings. The molecule has 0 aromatic rings. The lowest BCUT2D eigenvalue weighted by Gasteiger charge is -2.44. The topological polar surface area (TPSA) is 140 Å². The van der Waals surface area contributed by atoms with E-state index in [1.54, 1.807) is 0 Å². The Morgan fingerprint density at radius 1 is 0.833 bits per heavy atom. The molecule has 2 saturated carbocycles. The van der Waals surface area contributed by atoms with Crippen LogP contribution in [-0.2, 0) is 32.7 Å². The van der Waals surface area contributed by atoms with E-state index in [4.69, 9.17) is 19.4 Å². The zero-order chi connectivity index (χ0) is 22.8. The van der Waals surface area contributed by atoms with E-state index in [0.29, 0.717) is 5.92 Å². The van der Waals surface area contributed by atoms with Gasteiger partial charge in [-0.25, -0.2) is 4.31 Å². The van der Waals surface area contributed by atoms with Gasteiger partial charge in [-0.1, -0.05) is 50.8 Å². The summed E-state index contributed by atoms with van der Waals surface area (Å²) in [5, 5.41) is 29.4. The van der Waals surface area contributed by atoms with Crippen molar-refractivity contribution in [1.82, 2.24) is 0 Å². The Morgan fingerprint density at radius 2 is 1.27 bits per heavy atom. The quantitative estimate of drug-likeness (QED) is 0.177. The van der Waals surface area contributed by atoms with Gasteiger partial charge in [0.05, 0.1) is 37.4 Å². The number of aliphatic hydroxyl groups is 3. The van der Waals surface area contributed by atoms with Crippen LogP contribution in [0, 0.1) is 11.3 Å². The number of ether oxygens (including phenoxy) is 1. The number of hydrogen-bond acceptors (Lipinski definition) is 7. The van der Waals surface area contributed by atoms with Crippen molar-refractivity contribution in [3.05, 3.63) is 0 Å². The standard InChI is InChI=1S/C17H32O4.H4O4P2S3/c18-11-17(12-19,13-20)16(14-7-3-1-4-8-14)21-15-9-5-2-6-10-15;1-5(2,7)4-6(3,8)9/h14-16,18-20H,1-13H2;(H2,1,2,7)(H2,3,8,9). The molecule has 0 bridgehead atoms. The minimum Gasteiger partial charge on any atom is -0.396 e. The van der Waals surface area contributed by atoms with Gasteiger partial charge >= 0.3 is 6.72 Å². The van der Waals surface area contributed by atoms with Crippen LogP contribution in [0.1, 0.15) is 64.2 Å². The van der Waals surface area contributed by atoms with Crippen molar-refractivity contribution in [2.45, 2.75) is 76.4 Å². The third kappa shape index (κ3) is 11.0. The second-order valence-electron chi connectivity index (χ2n) is 8.11. The van der Waals surface area contributed by atoms with Crippen LogP contribution in [0.25, 0.3) is 0 Å². The van der Waals surface area contributed by atoms with E-state index in [1.807, 2.05) is 0 Å². The molecule has 2 atom stereocenters. The first-order valence-corrected chi connectivity index (χ1v) is 16.7. The van der Waals surface area contributed by atoms with Crippen LogP contribution in [0.3, 0.4) is 0 Å². The molecule has 0 saturated heterocycles. The summed E-state index contributed by atoms with van der Waals surface area (Å²) < 4.78 is 10.4. The summed E-state index contributed by atoms with van der Waals surface area (Å²) in [6, 6.07) is 0. The minimum absolute atomic E-state index is 0.214. The van der Waals surface area contributed by atoms with E-state index >= 15 is 0 Å². The maximum atomic E-state index is 9.81. The van der Waals surface area contributed by atoms with Gasteiger partial charge < -0.3 is 34.7 Å². The normalized spacial score (nSPS) is 22.6. The van der Waals surface area contributed by atoms with Gasteiger partial charge in [0.15, 0.2) is 0 Å². The third-order valence-corrected chi connectivity index (χ3v) is 9.29. The highest BCUT2D eigenvalue weighted by atomic mass is 32.9. The average Bonchev–Trinajstić information content (AvgIpc) is 2.68. The van der Waals surface area contributed by atoms with Crippen molar-refractivity contribution >= 4 is 48.3 Å². The van der Waals surface area contributed by atoms with Crippen LogP contribution < -0.4 is 0 Å². The molecule has 0 radical (unpaired) electrons. The summed E-state index contributed by atoms with van der Waals surface area (Å²) in [4.78, 5) is 25.3. The van der Waals surface area contributed by atoms with Gasteiger partial charge in [0.1, 0.15) is 0 Å². The first kappa shape index (κ1) is 29.4. The molecular formula is C17H36O8P2S3. The van der Waals surface area contributed by atoms with E-state index in [-0.39, 0.29) is 32.0 Å². The van der Waals surface area contributed by atoms with Crippen molar-refractivity contribution in [3.63, 3.8) is 0 Å². The molecule has 30 heavy (non-hydrogen) atoms. The molecule has 0 aromatic carbocycles. The molecule has 0 amide bonds. The molecule has 13 heteroatoms. The summed E-state index contributed by atoms with van der Waals surface area (Å²) >= 11 is 11.5. The molecule has 2 aliphatic carbocycles. The van der Waals surface area contributed by atoms with Crippen LogP contribution in [0.2, 0.25) is 0 Å². The van der Waals surface area contributed by atoms with E-state index < -0.39 is 17.8 Å². The van der Waals surface area contributed by atoms with Gasteiger partial charge in [0.2, 0.25) is 5.69 Å². The first-order chi connectivity index (χ1) is 14.0. The number of rotatable bonds is 9. The van der Waals surface area contributed by atoms with Crippen molar-refractivity contribution in [3.8, 4) is 0 Å². The van der Waals surface area contributed by atoms with E-state index in [0.717, 1.165) is 25.7 Å². The lowest BCUT2D eigenvalue weighted by Crippen LogP contribution is -2.52. The summed E-state index contributed by atoms with van der Waals surface area (Å²) in [6.45, 7) is -4.48. The fourth-order valence-corrected chi connectivity index (χ4v) is 8.71. The van der Waals surface area contributed by atoms with Crippen LogP contribution in [0.5, 0.6) is 0 Å². The van der Waals surface area contributed by atoms with Crippen LogP contribution in [0.4, 0.5) is 0 Å². The molecule has 8 nitrogen and oxygen atoms in total. The minimum atomic E-state index is -3.84. The smallest absolute Gasteiger partial charge is 0.328 e. The summed E-state index contributed by atoms with van der Waals surface area (Å²) in [5.41, 5.74) is -4.22. The lowest BCUT2D eigenvalue weighted by molar-refractivity contribution is -0.168. The van der Waals surface area contributed by atoms with Gasteiger partial charge in [-0.15, -0.1) is 0 Å². The molecular weight excluding hydrogens is 490 g/mol.